The second-order valence-corrected chi connectivity index (χ2v) is 7.40. The van der Waals surface area contributed by atoms with Gasteiger partial charge in [0, 0.05) is 19.2 Å². The number of carbonyl (C=O) groups is 2. The second kappa shape index (κ2) is 8.34. The normalized spacial score (nSPS) is 17.2. The Balaban J connectivity index is 1.99. The monoisotopic (exact) mass is 348 g/mol. The van der Waals surface area contributed by atoms with Crippen molar-refractivity contribution in [3.05, 3.63) is 29.8 Å². The van der Waals surface area contributed by atoms with Crippen LogP contribution in [0.25, 0.3) is 0 Å². The van der Waals surface area contributed by atoms with Crippen molar-refractivity contribution in [1.29, 1.82) is 0 Å². The highest BCUT2D eigenvalue weighted by Crippen LogP contribution is 2.21. The number of rotatable bonds is 6. The molecule has 6 heteroatoms. The third-order valence-electron chi connectivity index (χ3n) is 3.81. The maximum Gasteiger partial charge on any atom is 0.257 e. The molecule has 1 aromatic rings. The lowest BCUT2D eigenvalue weighted by Gasteiger charge is -2.24. The molecule has 1 heterocycles. The number of nitrogens with one attached hydrogen (secondary N) is 1. The molecule has 0 unspecified atom stereocenters. The highest BCUT2D eigenvalue weighted by molar-refractivity contribution is 5.98. The summed E-state index contributed by atoms with van der Waals surface area (Å²) in [5.41, 5.74) is 0.120. The number of hydrogen-bond donors (Lipinski definition) is 1. The summed E-state index contributed by atoms with van der Waals surface area (Å²) in [5.74, 6) is 0.0826. The van der Waals surface area contributed by atoms with Gasteiger partial charge in [0.15, 0.2) is 0 Å². The molecule has 6 nitrogen and oxygen atoms in total. The lowest BCUT2D eigenvalue weighted by atomic mass is 10.1. The molecule has 0 spiro atoms. The van der Waals surface area contributed by atoms with Gasteiger partial charge in [0.1, 0.15) is 12.4 Å². The van der Waals surface area contributed by atoms with Crippen LogP contribution >= 0.6 is 0 Å². The molecular weight excluding hydrogens is 320 g/mol. The molecule has 1 saturated heterocycles. The average Bonchev–Trinajstić information content (AvgIpc) is 3.04. The predicted molar refractivity (Wildman–Crippen MR) is 95.8 cm³/mol. The number of ether oxygens (including phenoxy) is 2. The molecule has 0 aliphatic carbocycles. The van der Waals surface area contributed by atoms with Crippen molar-refractivity contribution in [3.63, 3.8) is 0 Å². The van der Waals surface area contributed by atoms with Gasteiger partial charge in [0.2, 0.25) is 5.91 Å². The van der Waals surface area contributed by atoms with Crippen LogP contribution in [0.4, 0.5) is 0 Å². The second-order valence-electron chi connectivity index (χ2n) is 7.40. The van der Waals surface area contributed by atoms with Gasteiger partial charge in [0.05, 0.1) is 18.2 Å². The zero-order valence-corrected chi connectivity index (χ0v) is 15.5. The number of carbonyl (C=O) groups excluding carboxylic acids is 2. The van der Waals surface area contributed by atoms with Gasteiger partial charge in [-0.25, -0.2) is 0 Å². The van der Waals surface area contributed by atoms with Crippen molar-refractivity contribution in [1.82, 2.24) is 10.2 Å². The van der Waals surface area contributed by atoms with Gasteiger partial charge in [-0.3, -0.25) is 9.59 Å². The third-order valence-corrected chi connectivity index (χ3v) is 3.81. The summed E-state index contributed by atoms with van der Waals surface area (Å²) in [5, 5.41) is 2.85. The van der Waals surface area contributed by atoms with Crippen molar-refractivity contribution in [2.24, 2.45) is 0 Å². The standard InChI is InChI=1S/C19H28N2O4/c1-19(2,3)20-17(22)12-21(4)18(23)15-9-5-6-10-16(15)25-13-14-8-7-11-24-14/h5-6,9-10,14H,7-8,11-13H2,1-4H3,(H,20,22)/t14-/m1/s1. The van der Waals surface area contributed by atoms with Crippen molar-refractivity contribution < 1.29 is 19.1 Å². The molecule has 1 atom stereocenters. The Bertz CT molecular complexity index is 604. The molecule has 2 rings (SSSR count). The van der Waals surface area contributed by atoms with E-state index in [0.717, 1.165) is 19.4 Å². The van der Waals surface area contributed by atoms with E-state index in [-0.39, 0.29) is 30.0 Å². The molecule has 1 N–H and O–H groups in total. The van der Waals surface area contributed by atoms with Gasteiger partial charge in [-0.2, -0.15) is 0 Å². The topological polar surface area (TPSA) is 67.9 Å². The van der Waals surface area contributed by atoms with Crippen molar-refractivity contribution >= 4 is 11.8 Å². The van der Waals surface area contributed by atoms with E-state index in [2.05, 4.69) is 5.32 Å². The molecule has 0 radical (unpaired) electrons. The average molecular weight is 348 g/mol. The summed E-state index contributed by atoms with van der Waals surface area (Å²) in [6, 6.07) is 7.10. The lowest BCUT2D eigenvalue weighted by molar-refractivity contribution is -0.122. The summed E-state index contributed by atoms with van der Waals surface area (Å²) in [6.45, 7) is 6.90. The van der Waals surface area contributed by atoms with Crippen LogP contribution in [0.5, 0.6) is 5.75 Å². The molecule has 1 fully saturated rings. The molecule has 0 saturated carbocycles. The van der Waals surface area contributed by atoms with E-state index in [1.807, 2.05) is 26.8 Å². The van der Waals surface area contributed by atoms with Crippen LogP contribution in [0, 0.1) is 0 Å². The van der Waals surface area contributed by atoms with Gasteiger partial charge in [0.25, 0.3) is 5.91 Å². The van der Waals surface area contributed by atoms with E-state index < -0.39 is 0 Å². The summed E-state index contributed by atoms with van der Waals surface area (Å²) in [6.07, 6.45) is 2.10. The van der Waals surface area contributed by atoms with E-state index in [1.54, 1.807) is 25.2 Å². The minimum absolute atomic E-state index is 0.00380. The van der Waals surface area contributed by atoms with Crippen LogP contribution in [-0.4, -0.2) is 55.2 Å². The first-order valence-corrected chi connectivity index (χ1v) is 8.66. The fraction of sp³-hybridized carbons (Fsp3) is 0.579. The van der Waals surface area contributed by atoms with E-state index >= 15 is 0 Å². The molecule has 0 bridgehead atoms. The van der Waals surface area contributed by atoms with E-state index in [9.17, 15) is 9.59 Å². The number of hydrogen-bond acceptors (Lipinski definition) is 4. The Labute approximate surface area is 149 Å². The van der Waals surface area contributed by atoms with Gasteiger partial charge in [-0.15, -0.1) is 0 Å². The lowest BCUT2D eigenvalue weighted by Crippen LogP contribution is -2.46. The van der Waals surface area contributed by atoms with E-state index in [0.29, 0.717) is 17.9 Å². The fourth-order valence-electron chi connectivity index (χ4n) is 2.68. The molecule has 1 aliphatic rings. The maximum atomic E-state index is 12.7. The minimum atomic E-state index is -0.330. The summed E-state index contributed by atoms with van der Waals surface area (Å²) in [4.78, 5) is 26.1. The Morgan fingerprint density at radius 1 is 1.32 bits per heavy atom. The Hall–Kier alpha value is -2.08. The number of benzene rings is 1. The molecule has 25 heavy (non-hydrogen) atoms. The number of amides is 2. The molecule has 0 aromatic heterocycles. The Kier molecular flexibility index (Phi) is 6.42. The summed E-state index contributed by atoms with van der Waals surface area (Å²) >= 11 is 0. The third kappa shape index (κ3) is 6.05. The first-order valence-electron chi connectivity index (χ1n) is 8.66. The largest absolute Gasteiger partial charge is 0.490 e. The Morgan fingerprint density at radius 2 is 2.04 bits per heavy atom. The van der Waals surface area contributed by atoms with Crippen LogP contribution < -0.4 is 10.1 Å². The molecular formula is C19H28N2O4. The number of nitrogens with zero attached hydrogens (tertiary/aromatic N) is 1. The summed E-state index contributed by atoms with van der Waals surface area (Å²) < 4.78 is 11.4. The van der Waals surface area contributed by atoms with Crippen LogP contribution in [0.3, 0.4) is 0 Å². The first-order chi connectivity index (χ1) is 11.8. The zero-order valence-electron chi connectivity index (χ0n) is 15.5. The van der Waals surface area contributed by atoms with Crippen molar-refractivity contribution in [3.8, 4) is 5.75 Å². The quantitative estimate of drug-likeness (QED) is 0.856. The smallest absolute Gasteiger partial charge is 0.257 e. The van der Waals surface area contributed by atoms with Gasteiger partial charge >= 0.3 is 0 Å². The zero-order chi connectivity index (χ0) is 18.4. The Morgan fingerprint density at radius 3 is 2.68 bits per heavy atom. The number of para-hydroxylation sites is 1. The maximum absolute atomic E-state index is 12.7. The molecule has 2 amide bonds. The first kappa shape index (κ1) is 19.2. The predicted octanol–water partition coefficient (Wildman–Crippen LogP) is 2.23. The van der Waals surface area contributed by atoms with Gasteiger partial charge in [-0.05, 0) is 45.7 Å². The van der Waals surface area contributed by atoms with Gasteiger partial charge < -0.3 is 19.7 Å². The molecule has 1 aromatic carbocycles. The summed E-state index contributed by atoms with van der Waals surface area (Å²) in [7, 11) is 1.61. The SMILES string of the molecule is CN(CC(=O)NC(C)(C)C)C(=O)c1ccccc1OC[C@H]1CCCO1. The van der Waals surface area contributed by atoms with Crippen LogP contribution in [-0.2, 0) is 9.53 Å². The molecule has 1 aliphatic heterocycles. The highest BCUT2D eigenvalue weighted by atomic mass is 16.5. The van der Waals surface area contributed by atoms with Crippen molar-refractivity contribution in [2.45, 2.75) is 45.3 Å². The highest BCUT2D eigenvalue weighted by Gasteiger charge is 2.22. The minimum Gasteiger partial charge on any atom is -0.490 e. The fourth-order valence-corrected chi connectivity index (χ4v) is 2.68. The molecule has 138 valence electrons. The number of likely N-dealkylation sites (N-methyl/N-ethyl adjacent to an activating group) is 1. The van der Waals surface area contributed by atoms with Crippen molar-refractivity contribution in [2.75, 3.05) is 26.8 Å². The van der Waals surface area contributed by atoms with Crippen LogP contribution in [0.15, 0.2) is 24.3 Å². The van der Waals surface area contributed by atoms with Crippen LogP contribution in [0.2, 0.25) is 0 Å². The van der Waals surface area contributed by atoms with Gasteiger partial charge in [-0.1, -0.05) is 12.1 Å². The van der Waals surface area contributed by atoms with E-state index in [4.69, 9.17) is 9.47 Å². The van der Waals surface area contributed by atoms with Crippen LogP contribution in [0.1, 0.15) is 44.0 Å². The van der Waals surface area contributed by atoms with E-state index in [1.165, 1.54) is 4.90 Å².